The van der Waals surface area contributed by atoms with Gasteiger partial charge < -0.3 is 29.7 Å². The van der Waals surface area contributed by atoms with Crippen molar-refractivity contribution in [3.63, 3.8) is 0 Å². The van der Waals surface area contributed by atoms with E-state index in [9.17, 15) is 0 Å². The second kappa shape index (κ2) is 15.9. The lowest BCUT2D eigenvalue weighted by Gasteiger charge is -2.18. The van der Waals surface area contributed by atoms with Crippen molar-refractivity contribution < 1.29 is 14.2 Å². The third-order valence-electron chi connectivity index (χ3n) is 4.58. The third kappa shape index (κ3) is 11.0. The number of hydrogen-bond acceptors (Lipinski definition) is 6. The Kier molecular flexibility index (Phi) is 12.6. The zero-order valence-corrected chi connectivity index (χ0v) is 19.5. The van der Waals surface area contributed by atoms with Crippen molar-refractivity contribution in [3.05, 3.63) is 54.2 Å². The van der Waals surface area contributed by atoms with Crippen LogP contribution in [0.15, 0.2) is 53.7 Å². The molecule has 0 aliphatic carbocycles. The first-order chi connectivity index (χ1) is 15.7. The summed E-state index contributed by atoms with van der Waals surface area (Å²) < 4.78 is 16.4. The van der Waals surface area contributed by atoms with E-state index in [4.69, 9.17) is 14.2 Å². The Balaban J connectivity index is 1.69. The van der Waals surface area contributed by atoms with Crippen molar-refractivity contribution in [2.45, 2.75) is 19.9 Å². The third-order valence-corrected chi connectivity index (χ3v) is 4.58. The van der Waals surface area contributed by atoms with Crippen LogP contribution >= 0.6 is 0 Å². The van der Waals surface area contributed by atoms with Gasteiger partial charge in [0.05, 0.1) is 6.54 Å². The summed E-state index contributed by atoms with van der Waals surface area (Å²) in [5.74, 6) is 2.22. The number of aliphatic imine (C=N–C) groups is 1. The standard InChI is InChI=1S/C24H37N5O3/c1-4-25-24(26-13-15-29(2)14-8-16-30-3)28-20-21-11-12-23(27-19-21)32-18-17-31-22-9-6-5-7-10-22/h5-7,9-12,19H,4,8,13-18,20H2,1-3H3,(H2,25,26,28). The highest BCUT2D eigenvalue weighted by molar-refractivity contribution is 5.79. The van der Waals surface area contributed by atoms with Gasteiger partial charge in [0.15, 0.2) is 5.96 Å². The van der Waals surface area contributed by atoms with Gasteiger partial charge in [-0.1, -0.05) is 24.3 Å². The van der Waals surface area contributed by atoms with E-state index in [2.05, 4.69) is 39.5 Å². The van der Waals surface area contributed by atoms with Gasteiger partial charge in [0.2, 0.25) is 5.88 Å². The largest absolute Gasteiger partial charge is 0.490 e. The molecule has 32 heavy (non-hydrogen) atoms. The highest BCUT2D eigenvalue weighted by Crippen LogP contribution is 2.10. The van der Waals surface area contributed by atoms with Crippen LogP contribution in [-0.4, -0.2) is 76.0 Å². The zero-order valence-electron chi connectivity index (χ0n) is 19.5. The SMILES string of the molecule is CCNC(=NCc1ccc(OCCOc2ccccc2)nc1)NCCN(C)CCCOC. The van der Waals surface area contributed by atoms with Crippen molar-refractivity contribution in [1.82, 2.24) is 20.5 Å². The Morgan fingerprint density at radius 3 is 2.53 bits per heavy atom. The number of methoxy groups -OCH3 is 1. The smallest absolute Gasteiger partial charge is 0.213 e. The average molecular weight is 444 g/mol. The van der Waals surface area contributed by atoms with Crippen LogP contribution in [0, 0.1) is 0 Å². The molecular weight excluding hydrogens is 406 g/mol. The molecule has 0 aliphatic rings. The van der Waals surface area contributed by atoms with Gasteiger partial charge in [0.25, 0.3) is 0 Å². The number of rotatable bonds is 15. The summed E-state index contributed by atoms with van der Waals surface area (Å²) in [7, 11) is 3.85. The zero-order chi connectivity index (χ0) is 22.9. The van der Waals surface area contributed by atoms with Crippen molar-refractivity contribution >= 4 is 5.96 Å². The van der Waals surface area contributed by atoms with Crippen LogP contribution < -0.4 is 20.1 Å². The van der Waals surface area contributed by atoms with Crippen LogP contribution in [-0.2, 0) is 11.3 Å². The number of benzene rings is 1. The predicted molar refractivity (Wildman–Crippen MR) is 128 cm³/mol. The maximum Gasteiger partial charge on any atom is 0.213 e. The highest BCUT2D eigenvalue weighted by atomic mass is 16.5. The Morgan fingerprint density at radius 1 is 1.00 bits per heavy atom. The van der Waals surface area contributed by atoms with Crippen LogP contribution in [0.3, 0.4) is 0 Å². The van der Waals surface area contributed by atoms with Crippen LogP contribution in [0.5, 0.6) is 11.6 Å². The van der Waals surface area contributed by atoms with Gasteiger partial charge >= 0.3 is 0 Å². The highest BCUT2D eigenvalue weighted by Gasteiger charge is 2.02. The molecule has 1 aromatic carbocycles. The Labute approximate surface area is 192 Å². The lowest BCUT2D eigenvalue weighted by molar-refractivity contribution is 0.180. The summed E-state index contributed by atoms with van der Waals surface area (Å²) in [6.07, 6.45) is 2.83. The van der Waals surface area contributed by atoms with E-state index < -0.39 is 0 Å². The van der Waals surface area contributed by atoms with Crippen LogP contribution in [0.1, 0.15) is 18.9 Å². The number of aromatic nitrogens is 1. The molecule has 0 fully saturated rings. The number of nitrogens with one attached hydrogen (secondary N) is 2. The minimum Gasteiger partial charge on any atom is -0.490 e. The van der Waals surface area contributed by atoms with Gasteiger partial charge in [0, 0.05) is 52.2 Å². The van der Waals surface area contributed by atoms with Gasteiger partial charge in [-0.3, -0.25) is 0 Å². The number of guanidine groups is 1. The van der Waals surface area contributed by atoms with Gasteiger partial charge in [0.1, 0.15) is 19.0 Å². The van der Waals surface area contributed by atoms with E-state index in [1.807, 2.05) is 42.5 Å². The molecule has 176 valence electrons. The first-order valence-electron chi connectivity index (χ1n) is 11.2. The average Bonchev–Trinajstić information content (AvgIpc) is 2.82. The summed E-state index contributed by atoms with van der Waals surface area (Å²) in [6, 6.07) is 13.5. The maximum absolute atomic E-state index is 5.65. The van der Waals surface area contributed by atoms with Crippen molar-refractivity contribution in [1.29, 1.82) is 0 Å². The molecule has 1 heterocycles. The molecule has 2 N–H and O–H groups in total. The number of likely N-dealkylation sites (N-methyl/N-ethyl adjacent to an activating group) is 1. The molecule has 1 aromatic heterocycles. The maximum atomic E-state index is 5.65. The summed E-state index contributed by atoms with van der Waals surface area (Å²) >= 11 is 0. The van der Waals surface area contributed by atoms with E-state index >= 15 is 0 Å². The molecule has 8 heteroatoms. The Morgan fingerprint density at radius 2 is 1.81 bits per heavy atom. The van der Waals surface area contributed by atoms with Crippen molar-refractivity contribution in [2.24, 2.45) is 4.99 Å². The topological polar surface area (TPSA) is 80.2 Å². The molecular formula is C24H37N5O3. The monoisotopic (exact) mass is 443 g/mol. The molecule has 0 saturated carbocycles. The molecule has 0 saturated heterocycles. The van der Waals surface area contributed by atoms with E-state index in [1.54, 1.807) is 13.3 Å². The van der Waals surface area contributed by atoms with E-state index in [1.165, 1.54) is 0 Å². The second-order valence-electron chi connectivity index (χ2n) is 7.29. The molecule has 2 aromatic rings. The molecule has 0 radical (unpaired) electrons. The van der Waals surface area contributed by atoms with E-state index in [-0.39, 0.29) is 0 Å². The van der Waals surface area contributed by atoms with Crippen LogP contribution in [0.2, 0.25) is 0 Å². The molecule has 0 unspecified atom stereocenters. The summed E-state index contributed by atoms with van der Waals surface area (Å²) in [4.78, 5) is 11.3. The number of hydrogen-bond donors (Lipinski definition) is 2. The fraction of sp³-hybridized carbons (Fsp3) is 0.500. The Bertz CT molecular complexity index is 756. The minimum atomic E-state index is 0.438. The fourth-order valence-electron chi connectivity index (χ4n) is 2.88. The molecule has 0 spiro atoms. The molecule has 0 atom stereocenters. The quantitative estimate of drug-likeness (QED) is 0.249. The van der Waals surface area contributed by atoms with E-state index in [0.29, 0.717) is 25.6 Å². The first-order valence-corrected chi connectivity index (χ1v) is 11.2. The van der Waals surface area contributed by atoms with Crippen molar-refractivity contribution in [3.8, 4) is 11.6 Å². The van der Waals surface area contributed by atoms with Crippen molar-refractivity contribution in [2.75, 3.05) is 60.2 Å². The van der Waals surface area contributed by atoms with E-state index in [0.717, 1.165) is 56.5 Å². The summed E-state index contributed by atoms with van der Waals surface area (Å²) in [5.41, 5.74) is 1.02. The number of para-hydroxylation sites is 1. The molecule has 0 aliphatic heterocycles. The van der Waals surface area contributed by atoms with Crippen LogP contribution in [0.25, 0.3) is 0 Å². The lowest BCUT2D eigenvalue weighted by atomic mass is 10.3. The fourth-order valence-corrected chi connectivity index (χ4v) is 2.88. The lowest BCUT2D eigenvalue weighted by Crippen LogP contribution is -2.41. The predicted octanol–water partition coefficient (Wildman–Crippen LogP) is 2.56. The molecule has 0 amide bonds. The summed E-state index contributed by atoms with van der Waals surface area (Å²) in [5, 5.41) is 6.66. The van der Waals surface area contributed by atoms with Gasteiger partial charge in [-0.15, -0.1) is 0 Å². The van der Waals surface area contributed by atoms with Gasteiger partial charge in [-0.2, -0.15) is 0 Å². The molecule has 8 nitrogen and oxygen atoms in total. The number of ether oxygens (including phenoxy) is 3. The van der Waals surface area contributed by atoms with Gasteiger partial charge in [-0.25, -0.2) is 9.98 Å². The molecule has 0 bridgehead atoms. The summed E-state index contributed by atoms with van der Waals surface area (Å²) in [6.45, 7) is 7.90. The first kappa shape index (κ1) is 25.4. The second-order valence-corrected chi connectivity index (χ2v) is 7.29. The number of nitrogens with zero attached hydrogens (tertiary/aromatic N) is 3. The normalized spacial score (nSPS) is 11.4. The minimum absolute atomic E-state index is 0.438. The molecule has 2 rings (SSSR count). The Hall–Kier alpha value is -2.84. The van der Waals surface area contributed by atoms with Crippen LogP contribution in [0.4, 0.5) is 0 Å². The van der Waals surface area contributed by atoms with Gasteiger partial charge in [-0.05, 0) is 38.1 Å². The number of pyridine rings is 1.